The number of hydrogen-bond donors (Lipinski definition) is 2. The number of hydrogen-bond acceptors (Lipinski definition) is 3. The molecule has 5 nitrogen and oxygen atoms in total. The van der Waals surface area contributed by atoms with Gasteiger partial charge in [-0.05, 0) is 23.6 Å². The van der Waals surface area contributed by atoms with Gasteiger partial charge in [0.15, 0.2) is 0 Å². The van der Waals surface area contributed by atoms with Crippen LogP contribution in [0.3, 0.4) is 0 Å². The number of rotatable bonds is 2. The first-order chi connectivity index (χ1) is 7.65. The summed E-state index contributed by atoms with van der Waals surface area (Å²) >= 11 is 0. The van der Waals surface area contributed by atoms with Crippen molar-refractivity contribution in [2.24, 2.45) is 5.73 Å². The molecule has 1 aromatic rings. The van der Waals surface area contributed by atoms with Crippen molar-refractivity contribution in [1.29, 1.82) is 0 Å². The molecule has 2 rings (SSSR count). The Morgan fingerprint density at radius 3 is 3.00 bits per heavy atom. The maximum atomic E-state index is 11.1. The number of carbonyl (C=O) groups is 2. The molecule has 0 unspecified atom stereocenters. The van der Waals surface area contributed by atoms with Crippen LogP contribution in [0.15, 0.2) is 18.2 Å². The zero-order chi connectivity index (χ0) is 11.5. The van der Waals surface area contributed by atoms with E-state index in [0.29, 0.717) is 12.8 Å². The van der Waals surface area contributed by atoms with Crippen LogP contribution in [-0.2, 0) is 22.6 Å². The van der Waals surface area contributed by atoms with Gasteiger partial charge in [0.1, 0.15) is 6.61 Å². The monoisotopic (exact) mass is 220 g/mol. The lowest BCUT2D eigenvalue weighted by Gasteiger charge is -2.17. The lowest BCUT2D eigenvalue weighted by atomic mass is 10.0. The Bertz CT molecular complexity index is 443. The van der Waals surface area contributed by atoms with Crippen molar-refractivity contribution in [2.75, 3.05) is 5.32 Å². The predicted octanol–water partition coefficient (Wildman–Crippen LogP) is 1.17. The number of ether oxygens (including phenoxy) is 1. The van der Waals surface area contributed by atoms with Crippen molar-refractivity contribution in [3.8, 4) is 0 Å². The summed E-state index contributed by atoms with van der Waals surface area (Å²) in [5.41, 5.74) is 7.64. The van der Waals surface area contributed by atoms with Gasteiger partial charge in [-0.3, -0.25) is 4.79 Å². The van der Waals surface area contributed by atoms with Crippen molar-refractivity contribution < 1.29 is 14.3 Å². The molecule has 0 saturated carbocycles. The van der Waals surface area contributed by atoms with Gasteiger partial charge in [0.2, 0.25) is 5.91 Å². The average Bonchev–Trinajstić information content (AvgIpc) is 2.26. The standard InChI is InChI=1S/C11H12N2O3/c12-11(15)16-6-7-1-3-9-8(5-7)2-4-10(14)13-9/h1,3,5H,2,4,6H2,(H2,12,15)(H,13,14). The lowest BCUT2D eigenvalue weighted by molar-refractivity contribution is -0.116. The molecule has 1 aliphatic rings. The number of carbonyl (C=O) groups excluding carboxylic acids is 2. The average molecular weight is 220 g/mol. The largest absolute Gasteiger partial charge is 0.445 e. The number of amides is 2. The van der Waals surface area contributed by atoms with E-state index in [1.807, 2.05) is 12.1 Å². The molecule has 1 heterocycles. The maximum Gasteiger partial charge on any atom is 0.404 e. The first-order valence-electron chi connectivity index (χ1n) is 4.99. The fourth-order valence-corrected chi connectivity index (χ4v) is 1.68. The van der Waals surface area contributed by atoms with Gasteiger partial charge in [0.25, 0.3) is 0 Å². The second kappa shape index (κ2) is 4.22. The molecule has 0 atom stereocenters. The van der Waals surface area contributed by atoms with Crippen molar-refractivity contribution in [1.82, 2.24) is 0 Å². The van der Waals surface area contributed by atoms with Crippen molar-refractivity contribution in [3.63, 3.8) is 0 Å². The topological polar surface area (TPSA) is 81.4 Å². The first kappa shape index (κ1) is 10.5. The molecule has 0 aliphatic carbocycles. The minimum absolute atomic E-state index is 0.0358. The molecule has 0 bridgehead atoms. The van der Waals surface area contributed by atoms with E-state index in [1.165, 1.54) is 0 Å². The van der Waals surface area contributed by atoms with E-state index in [4.69, 9.17) is 10.5 Å². The molecule has 0 aromatic heterocycles. The van der Waals surface area contributed by atoms with Crippen molar-refractivity contribution >= 4 is 17.7 Å². The number of aryl methyl sites for hydroxylation is 1. The molecule has 0 fully saturated rings. The number of fused-ring (bicyclic) bond motifs is 1. The number of benzene rings is 1. The predicted molar refractivity (Wildman–Crippen MR) is 57.8 cm³/mol. The quantitative estimate of drug-likeness (QED) is 0.784. The Labute approximate surface area is 92.6 Å². The minimum atomic E-state index is -0.786. The summed E-state index contributed by atoms with van der Waals surface area (Å²) < 4.78 is 4.69. The van der Waals surface area contributed by atoms with Crippen LogP contribution in [-0.4, -0.2) is 12.0 Å². The fourth-order valence-electron chi connectivity index (χ4n) is 1.68. The third kappa shape index (κ3) is 2.31. The number of anilines is 1. The number of nitrogens with one attached hydrogen (secondary N) is 1. The number of nitrogens with two attached hydrogens (primary N) is 1. The van der Waals surface area contributed by atoms with Gasteiger partial charge in [0, 0.05) is 12.1 Å². The van der Waals surface area contributed by atoms with Crippen LogP contribution in [0.25, 0.3) is 0 Å². The number of primary amides is 1. The summed E-state index contributed by atoms with van der Waals surface area (Å²) in [4.78, 5) is 21.6. The normalized spacial score (nSPS) is 13.9. The molecule has 5 heteroatoms. The van der Waals surface area contributed by atoms with E-state index >= 15 is 0 Å². The fraction of sp³-hybridized carbons (Fsp3) is 0.273. The van der Waals surface area contributed by atoms with E-state index in [9.17, 15) is 9.59 Å². The molecule has 0 radical (unpaired) electrons. The third-order valence-electron chi connectivity index (χ3n) is 2.45. The second-order valence-electron chi connectivity index (χ2n) is 3.65. The summed E-state index contributed by atoms with van der Waals surface area (Å²) in [7, 11) is 0. The van der Waals surface area contributed by atoms with E-state index in [2.05, 4.69) is 5.32 Å². The Hall–Kier alpha value is -2.04. The highest BCUT2D eigenvalue weighted by Gasteiger charge is 2.14. The van der Waals surface area contributed by atoms with Crippen molar-refractivity contribution in [2.45, 2.75) is 19.4 Å². The van der Waals surface area contributed by atoms with Crippen LogP contribution in [0, 0.1) is 0 Å². The third-order valence-corrected chi connectivity index (χ3v) is 2.45. The summed E-state index contributed by atoms with van der Waals surface area (Å²) in [5, 5.41) is 2.78. The van der Waals surface area contributed by atoms with Crippen LogP contribution in [0.4, 0.5) is 10.5 Å². The Kier molecular flexibility index (Phi) is 2.76. The van der Waals surface area contributed by atoms with E-state index in [-0.39, 0.29) is 12.5 Å². The summed E-state index contributed by atoms with van der Waals surface area (Å²) in [6.45, 7) is 0.163. The van der Waals surface area contributed by atoms with Gasteiger partial charge in [-0.2, -0.15) is 0 Å². The Balaban J connectivity index is 2.13. The second-order valence-corrected chi connectivity index (χ2v) is 3.65. The van der Waals surface area contributed by atoms with Gasteiger partial charge in [-0.1, -0.05) is 12.1 Å². The summed E-state index contributed by atoms with van der Waals surface area (Å²) in [6.07, 6.45) is 0.421. The SMILES string of the molecule is NC(=O)OCc1ccc2c(c1)CCC(=O)N2. The molecular formula is C11H12N2O3. The van der Waals surface area contributed by atoms with Crippen LogP contribution < -0.4 is 11.1 Å². The highest BCUT2D eigenvalue weighted by molar-refractivity contribution is 5.93. The van der Waals surface area contributed by atoms with Crippen LogP contribution in [0.5, 0.6) is 0 Å². The van der Waals surface area contributed by atoms with E-state index < -0.39 is 6.09 Å². The highest BCUT2D eigenvalue weighted by atomic mass is 16.5. The molecule has 3 N–H and O–H groups in total. The van der Waals surface area contributed by atoms with Crippen LogP contribution in [0.2, 0.25) is 0 Å². The van der Waals surface area contributed by atoms with Crippen LogP contribution >= 0.6 is 0 Å². The first-order valence-corrected chi connectivity index (χ1v) is 4.99. The van der Waals surface area contributed by atoms with Gasteiger partial charge in [0.05, 0.1) is 0 Å². The summed E-state index contributed by atoms with van der Waals surface area (Å²) in [6, 6.07) is 5.52. The van der Waals surface area contributed by atoms with Gasteiger partial charge < -0.3 is 15.8 Å². The van der Waals surface area contributed by atoms with Gasteiger partial charge in [-0.15, -0.1) is 0 Å². The van der Waals surface area contributed by atoms with Crippen molar-refractivity contribution in [3.05, 3.63) is 29.3 Å². The molecule has 1 aliphatic heterocycles. The Morgan fingerprint density at radius 1 is 1.44 bits per heavy atom. The molecule has 84 valence electrons. The molecule has 2 amide bonds. The van der Waals surface area contributed by atoms with E-state index in [1.54, 1.807) is 6.07 Å². The maximum absolute atomic E-state index is 11.1. The minimum Gasteiger partial charge on any atom is -0.445 e. The van der Waals surface area contributed by atoms with E-state index in [0.717, 1.165) is 16.8 Å². The zero-order valence-electron chi connectivity index (χ0n) is 8.66. The van der Waals surface area contributed by atoms with Crippen LogP contribution in [0.1, 0.15) is 17.5 Å². The van der Waals surface area contributed by atoms with Gasteiger partial charge >= 0.3 is 6.09 Å². The summed E-state index contributed by atoms with van der Waals surface area (Å²) in [5.74, 6) is 0.0358. The highest BCUT2D eigenvalue weighted by Crippen LogP contribution is 2.23. The smallest absolute Gasteiger partial charge is 0.404 e. The molecular weight excluding hydrogens is 208 g/mol. The zero-order valence-corrected chi connectivity index (χ0v) is 8.66. The Morgan fingerprint density at radius 2 is 2.25 bits per heavy atom. The van der Waals surface area contributed by atoms with Gasteiger partial charge in [-0.25, -0.2) is 4.79 Å². The molecule has 1 aromatic carbocycles. The molecule has 0 saturated heterocycles. The molecule has 0 spiro atoms. The lowest BCUT2D eigenvalue weighted by Crippen LogP contribution is -2.19. The molecule has 16 heavy (non-hydrogen) atoms.